The molecule has 0 radical (unpaired) electrons. The molecule has 1 aliphatic heterocycles. The molecule has 4 amide bonds. The predicted molar refractivity (Wildman–Crippen MR) is 146 cm³/mol. The van der Waals surface area contributed by atoms with Crippen LogP contribution in [-0.2, 0) is 40.9 Å². The number of pyridine rings is 1. The number of aromatic nitrogens is 1. The third kappa shape index (κ3) is 4.72. The van der Waals surface area contributed by atoms with E-state index in [1.54, 1.807) is 25.2 Å². The number of carbonyl (C=O) groups excluding carboxylic acids is 3. The van der Waals surface area contributed by atoms with E-state index in [4.69, 9.17) is 0 Å². The van der Waals surface area contributed by atoms with Crippen LogP contribution < -0.4 is 16.0 Å². The van der Waals surface area contributed by atoms with E-state index in [0.717, 1.165) is 27.8 Å². The van der Waals surface area contributed by atoms with E-state index in [9.17, 15) is 14.4 Å². The molecule has 0 bridgehead atoms. The minimum atomic E-state index is -0.662. The first-order valence-corrected chi connectivity index (χ1v) is 12.7. The van der Waals surface area contributed by atoms with Crippen molar-refractivity contribution in [3.8, 4) is 0 Å². The molecule has 196 valence electrons. The molecule has 3 aromatic rings. The van der Waals surface area contributed by atoms with Crippen LogP contribution in [0.5, 0.6) is 0 Å². The first-order valence-electron chi connectivity index (χ1n) is 12.7. The van der Waals surface area contributed by atoms with Gasteiger partial charge in [-0.05, 0) is 60.3 Å². The Hall–Kier alpha value is -4.24. The number of hydrogen-bond donors (Lipinski definition) is 3. The zero-order chi connectivity index (χ0) is 26.9. The number of nitrogens with one attached hydrogen (secondary N) is 3. The summed E-state index contributed by atoms with van der Waals surface area (Å²) in [4.78, 5) is 46.4. The Morgan fingerprint density at radius 2 is 1.79 bits per heavy atom. The number of benzene rings is 2. The summed E-state index contributed by atoms with van der Waals surface area (Å²) >= 11 is 0. The van der Waals surface area contributed by atoms with Crippen molar-refractivity contribution in [2.45, 2.75) is 31.3 Å². The van der Waals surface area contributed by atoms with E-state index in [-0.39, 0.29) is 24.4 Å². The minimum absolute atomic E-state index is 0.0376. The Morgan fingerprint density at radius 3 is 2.55 bits per heavy atom. The van der Waals surface area contributed by atoms with E-state index in [1.807, 2.05) is 61.6 Å². The van der Waals surface area contributed by atoms with E-state index < -0.39 is 5.41 Å². The smallest absolute Gasteiger partial charge is 0.320 e. The van der Waals surface area contributed by atoms with Crippen molar-refractivity contribution in [3.05, 3.63) is 88.6 Å². The lowest BCUT2D eigenvalue weighted by molar-refractivity contribution is -0.120. The lowest BCUT2D eigenvalue weighted by atomic mass is 9.79. The lowest BCUT2D eigenvalue weighted by Crippen LogP contribution is -2.43. The van der Waals surface area contributed by atoms with Crippen LogP contribution in [0.1, 0.15) is 27.8 Å². The summed E-state index contributed by atoms with van der Waals surface area (Å²) in [6.45, 7) is 0.895. The monoisotopic (exact) mass is 512 g/mol. The number of fused-ring (bicyclic) bond motifs is 3. The number of urea groups is 1. The van der Waals surface area contributed by atoms with Crippen LogP contribution >= 0.6 is 0 Å². The van der Waals surface area contributed by atoms with Crippen LogP contribution in [0.3, 0.4) is 0 Å². The summed E-state index contributed by atoms with van der Waals surface area (Å²) in [7, 11) is 5.23. The number of carbonyl (C=O) groups is 3. The molecule has 0 saturated carbocycles. The van der Waals surface area contributed by atoms with Crippen LogP contribution in [0, 0.1) is 0 Å². The summed E-state index contributed by atoms with van der Waals surface area (Å²) < 4.78 is 0. The molecule has 5 rings (SSSR count). The van der Waals surface area contributed by atoms with Crippen molar-refractivity contribution in [2.24, 2.45) is 0 Å². The molecule has 1 aliphatic carbocycles. The molecule has 2 aromatic carbocycles. The van der Waals surface area contributed by atoms with E-state index in [2.05, 4.69) is 20.9 Å². The summed E-state index contributed by atoms with van der Waals surface area (Å²) in [6, 6.07) is 17.2. The molecular formula is C29H32N6O3. The molecular weight excluding hydrogens is 480 g/mol. The normalized spacial score (nSPS) is 17.1. The van der Waals surface area contributed by atoms with Crippen molar-refractivity contribution in [2.75, 3.05) is 38.3 Å². The van der Waals surface area contributed by atoms with Crippen molar-refractivity contribution in [1.82, 2.24) is 20.1 Å². The highest BCUT2D eigenvalue weighted by atomic mass is 16.2. The van der Waals surface area contributed by atoms with Crippen molar-refractivity contribution >= 4 is 29.4 Å². The van der Waals surface area contributed by atoms with Gasteiger partial charge in [0.2, 0.25) is 11.8 Å². The first kappa shape index (κ1) is 25.4. The fourth-order valence-corrected chi connectivity index (χ4v) is 5.47. The topological polar surface area (TPSA) is 107 Å². The number of rotatable bonds is 7. The zero-order valence-electron chi connectivity index (χ0n) is 21.9. The van der Waals surface area contributed by atoms with Gasteiger partial charge in [0.1, 0.15) is 12.4 Å². The Morgan fingerprint density at radius 1 is 1.03 bits per heavy atom. The Balaban J connectivity index is 1.31. The highest BCUT2D eigenvalue weighted by Gasteiger charge is 2.51. The highest BCUT2D eigenvalue weighted by Crippen LogP contribution is 2.46. The van der Waals surface area contributed by atoms with Gasteiger partial charge in [-0.3, -0.25) is 9.59 Å². The van der Waals surface area contributed by atoms with Gasteiger partial charge in [-0.2, -0.15) is 0 Å². The van der Waals surface area contributed by atoms with E-state index >= 15 is 0 Å². The number of amides is 4. The number of hydrogen-bond acceptors (Lipinski definition) is 5. The molecule has 1 unspecified atom stereocenters. The van der Waals surface area contributed by atoms with Crippen molar-refractivity contribution in [3.63, 3.8) is 0 Å². The van der Waals surface area contributed by atoms with Gasteiger partial charge in [0.15, 0.2) is 0 Å². The average Bonchev–Trinajstić information content (AvgIpc) is 3.41. The molecule has 1 aromatic heterocycles. The molecule has 0 fully saturated rings. The summed E-state index contributed by atoms with van der Waals surface area (Å²) in [5.41, 5.74) is 5.07. The predicted octanol–water partition coefficient (Wildman–Crippen LogP) is 2.91. The molecule has 38 heavy (non-hydrogen) atoms. The second kappa shape index (κ2) is 10.3. The molecule has 1 spiro atoms. The first-order chi connectivity index (χ1) is 18.3. The summed E-state index contributed by atoms with van der Waals surface area (Å²) in [6.07, 6.45) is 2.82. The van der Waals surface area contributed by atoms with E-state index in [1.165, 1.54) is 4.90 Å². The number of anilines is 2. The summed E-state index contributed by atoms with van der Waals surface area (Å²) in [5.74, 6) is 0.303. The zero-order valence-corrected chi connectivity index (χ0v) is 21.9. The van der Waals surface area contributed by atoms with Crippen molar-refractivity contribution < 1.29 is 14.4 Å². The van der Waals surface area contributed by atoms with Gasteiger partial charge in [-0.1, -0.05) is 36.4 Å². The fraction of sp³-hybridized carbons (Fsp3) is 0.310. The van der Waals surface area contributed by atoms with Gasteiger partial charge < -0.3 is 25.8 Å². The third-order valence-corrected chi connectivity index (χ3v) is 7.30. The number of nitrogens with zero attached hydrogens (tertiary/aromatic N) is 3. The van der Waals surface area contributed by atoms with Crippen LogP contribution in [0.15, 0.2) is 60.8 Å². The molecule has 2 aliphatic rings. The van der Waals surface area contributed by atoms with Crippen LogP contribution in [-0.4, -0.2) is 60.3 Å². The molecule has 0 saturated heterocycles. The molecule has 9 heteroatoms. The van der Waals surface area contributed by atoms with E-state index in [0.29, 0.717) is 37.4 Å². The third-order valence-electron chi connectivity index (χ3n) is 7.30. The highest BCUT2D eigenvalue weighted by molar-refractivity contribution is 6.06. The second-order valence-corrected chi connectivity index (χ2v) is 10.2. The maximum Gasteiger partial charge on any atom is 0.320 e. The fourth-order valence-electron chi connectivity index (χ4n) is 5.47. The van der Waals surface area contributed by atoms with Crippen LogP contribution in [0.25, 0.3) is 0 Å². The second-order valence-electron chi connectivity index (χ2n) is 10.2. The Labute approximate surface area is 222 Å². The molecule has 9 nitrogen and oxygen atoms in total. The Kier molecular flexibility index (Phi) is 6.86. The maximum absolute atomic E-state index is 13.1. The summed E-state index contributed by atoms with van der Waals surface area (Å²) in [5, 5.41) is 9.02. The molecule has 1 atom stereocenters. The van der Waals surface area contributed by atoms with Gasteiger partial charge in [0.05, 0.1) is 5.41 Å². The van der Waals surface area contributed by atoms with Gasteiger partial charge in [-0.15, -0.1) is 0 Å². The van der Waals surface area contributed by atoms with Gasteiger partial charge in [-0.25, -0.2) is 9.78 Å². The SMILES string of the molecule is CNCc1ccccc1CN(CC(=O)Nc1ccc2c(c1)CC1(C2)C(=O)Nc2ncccc21)C(=O)N(C)C. The quantitative estimate of drug-likeness (QED) is 0.451. The average molecular weight is 513 g/mol. The van der Waals surface area contributed by atoms with Gasteiger partial charge >= 0.3 is 6.03 Å². The molecule has 2 heterocycles. The molecule has 3 N–H and O–H groups in total. The van der Waals surface area contributed by atoms with Crippen LogP contribution in [0.4, 0.5) is 16.3 Å². The standard InChI is InChI=1S/C29H32N6O3/c1-30-16-20-7-4-5-8-21(20)17-35(28(38)34(2)3)18-25(36)32-23-11-10-19-14-29(15-22(19)13-23)24-9-6-12-31-26(24)33-27(29)37/h4-13,30H,14-18H2,1-3H3,(H,32,36)(H,31,33,37). The minimum Gasteiger partial charge on any atom is -0.331 e. The largest absolute Gasteiger partial charge is 0.331 e. The van der Waals surface area contributed by atoms with Crippen molar-refractivity contribution in [1.29, 1.82) is 0 Å². The van der Waals surface area contributed by atoms with Gasteiger partial charge in [0.25, 0.3) is 0 Å². The lowest BCUT2D eigenvalue weighted by Gasteiger charge is -2.26. The van der Waals surface area contributed by atoms with Gasteiger partial charge in [0, 0.05) is 44.6 Å². The maximum atomic E-state index is 13.1. The Bertz CT molecular complexity index is 1400. The van der Waals surface area contributed by atoms with Crippen LogP contribution in [0.2, 0.25) is 0 Å².